The molecule has 4 aromatic rings. The molecular weight excluding hydrogens is 611 g/mol. The molecule has 1 saturated heterocycles. The van der Waals surface area contributed by atoms with Crippen molar-refractivity contribution in [1.29, 1.82) is 0 Å². The minimum absolute atomic E-state index is 0.0137. The third-order valence-electron chi connectivity index (χ3n) is 7.47. The normalized spacial score (nSPS) is 18.6. The van der Waals surface area contributed by atoms with Crippen molar-refractivity contribution in [3.8, 4) is 17.2 Å². The first kappa shape index (κ1) is 30.7. The van der Waals surface area contributed by atoms with Gasteiger partial charge in [0.15, 0.2) is 15.8 Å². The van der Waals surface area contributed by atoms with Gasteiger partial charge in [-0.15, -0.1) is 10.2 Å². The Balaban J connectivity index is 1.43. The number of amides is 1. The minimum Gasteiger partial charge on any atom is -0.507 e. The first-order valence-electron chi connectivity index (χ1n) is 14.9. The highest BCUT2D eigenvalue weighted by molar-refractivity contribution is 8.00. The first-order chi connectivity index (χ1) is 21.9. The molecule has 232 valence electrons. The van der Waals surface area contributed by atoms with Crippen LogP contribution in [0.15, 0.2) is 76.6 Å². The SMILES string of the molecule is CCCOc1ccc([C@H]2C(=C(O)c3ccc4c(c3)C[C@H](C)O4)C(=O)C(=O)N2c2nnc(SCc3ccccc3)s2)cc1OCC. The number of Topliss-reactive ketones (excluding diaryl/α,β-unsaturated/α-hetero) is 1. The molecule has 6 rings (SSSR count). The van der Waals surface area contributed by atoms with Crippen LogP contribution in [0.5, 0.6) is 17.2 Å². The van der Waals surface area contributed by atoms with Crippen LogP contribution in [0.25, 0.3) is 5.76 Å². The zero-order chi connectivity index (χ0) is 31.5. The van der Waals surface area contributed by atoms with Crippen LogP contribution >= 0.6 is 23.1 Å². The lowest BCUT2D eigenvalue weighted by Gasteiger charge is -2.23. The van der Waals surface area contributed by atoms with E-state index in [1.54, 1.807) is 30.3 Å². The molecule has 0 bridgehead atoms. The van der Waals surface area contributed by atoms with Gasteiger partial charge in [0.25, 0.3) is 5.78 Å². The summed E-state index contributed by atoms with van der Waals surface area (Å²) >= 11 is 2.72. The molecule has 11 heteroatoms. The number of anilines is 1. The number of aliphatic hydroxyl groups is 1. The maximum absolute atomic E-state index is 13.8. The monoisotopic (exact) mass is 643 g/mol. The van der Waals surface area contributed by atoms with Crippen molar-refractivity contribution in [3.63, 3.8) is 0 Å². The summed E-state index contributed by atoms with van der Waals surface area (Å²) in [5.41, 5.74) is 3.01. The van der Waals surface area contributed by atoms with E-state index in [0.717, 1.165) is 23.3 Å². The fourth-order valence-electron chi connectivity index (χ4n) is 5.44. The van der Waals surface area contributed by atoms with Crippen LogP contribution in [-0.4, -0.2) is 46.3 Å². The standard InChI is InChI=1S/C34H33N3O6S2/c1-4-15-42-26-14-11-22(18-27(26)41-5-2)29-28(30(38)23-12-13-25-24(17-23)16-20(3)43-25)31(39)32(40)37(29)33-35-36-34(45-33)44-19-21-9-7-6-8-10-21/h6-14,17-18,20,29,38H,4-5,15-16,19H2,1-3H3/t20-,29-/m0/s1. The van der Waals surface area contributed by atoms with E-state index in [1.807, 2.05) is 57.2 Å². The molecule has 0 spiro atoms. The Morgan fingerprint density at radius 1 is 1.04 bits per heavy atom. The van der Waals surface area contributed by atoms with Crippen LogP contribution in [0.4, 0.5) is 5.13 Å². The van der Waals surface area contributed by atoms with Crippen molar-refractivity contribution < 1.29 is 28.9 Å². The van der Waals surface area contributed by atoms with Gasteiger partial charge >= 0.3 is 5.91 Å². The highest BCUT2D eigenvalue weighted by atomic mass is 32.2. The van der Waals surface area contributed by atoms with Crippen molar-refractivity contribution in [2.45, 2.75) is 55.9 Å². The average molecular weight is 644 g/mol. The number of aliphatic hydroxyl groups excluding tert-OH is 1. The number of aromatic nitrogens is 2. The van der Waals surface area contributed by atoms with E-state index < -0.39 is 17.7 Å². The van der Waals surface area contributed by atoms with Gasteiger partial charge in [-0.1, -0.05) is 66.4 Å². The number of nitrogens with zero attached hydrogens (tertiary/aromatic N) is 3. The van der Waals surface area contributed by atoms with E-state index in [4.69, 9.17) is 14.2 Å². The predicted molar refractivity (Wildman–Crippen MR) is 174 cm³/mol. The molecule has 9 nitrogen and oxygen atoms in total. The number of ether oxygens (including phenoxy) is 3. The number of thioether (sulfide) groups is 1. The first-order valence-corrected chi connectivity index (χ1v) is 16.7. The molecule has 0 saturated carbocycles. The number of ketones is 1. The second kappa shape index (κ2) is 13.3. The maximum Gasteiger partial charge on any atom is 0.301 e. The van der Waals surface area contributed by atoms with E-state index in [1.165, 1.54) is 28.0 Å². The van der Waals surface area contributed by atoms with E-state index in [0.29, 0.717) is 52.4 Å². The molecule has 1 amide bonds. The molecule has 3 aromatic carbocycles. The van der Waals surface area contributed by atoms with Crippen LogP contribution in [-0.2, 0) is 21.8 Å². The zero-order valence-electron chi connectivity index (χ0n) is 25.2. The molecule has 2 aliphatic rings. The smallest absolute Gasteiger partial charge is 0.301 e. The predicted octanol–water partition coefficient (Wildman–Crippen LogP) is 6.97. The number of carbonyl (C=O) groups excluding carboxylic acids is 2. The molecule has 1 fully saturated rings. The summed E-state index contributed by atoms with van der Waals surface area (Å²) in [6.07, 6.45) is 1.51. The highest BCUT2D eigenvalue weighted by Gasteiger charge is 2.48. The Morgan fingerprint density at radius 2 is 1.87 bits per heavy atom. The number of carbonyl (C=O) groups is 2. The van der Waals surface area contributed by atoms with Gasteiger partial charge in [0.1, 0.15) is 17.6 Å². The minimum atomic E-state index is -0.979. The molecule has 0 unspecified atom stereocenters. The Bertz CT molecular complexity index is 1760. The topological polar surface area (TPSA) is 111 Å². The second-order valence-corrected chi connectivity index (χ2v) is 12.9. The van der Waals surface area contributed by atoms with Gasteiger partial charge in [-0.2, -0.15) is 0 Å². The van der Waals surface area contributed by atoms with E-state index in [2.05, 4.69) is 10.2 Å². The van der Waals surface area contributed by atoms with Crippen LogP contribution < -0.4 is 19.1 Å². The number of hydrogen-bond donors (Lipinski definition) is 1. The van der Waals surface area contributed by atoms with Gasteiger partial charge in [-0.05, 0) is 67.3 Å². The highest BCUT2D eigenvalue weighted by Crippen LogP contribution is 2.46. The molecule has 0 radical (unpaired) electrons. The van der Waals surface area contributed by atoms with Gasteiger partial charge in [-0.3, -0.25) is 14.5 Å². The van der Waals surface area contributed by atoms with Crippen LogP contribution in [0.2, 0.25) is 0 Å². The van der Waals surface area contributed by atoms with Crippen molar-refractivity contribution in [1.82, 2.24) is 10.2 Å². The van der Waals surface area contributed by atoms with Crippen molar-refractivity contribution in [2.75, 3.05) is 18.1 Å². The van der Waals surface area contributed by atoms with E-state index in [-0.39, 0.29) is 22.6 Å². The molecule has 1 N–H and O–H groups in total. The van der Waals surface area contributed by atoms with Gasteiger partial charge in [0, 0.05) is 17.7 Å². The van der Waals surface area contributed by atoms with Crippen LogP contribution in [0.1, 0.15) is 55.5 Å². The molecule has 3 heterocycles. The third kappa shape index (κ3) is 6.27. The largest absolute Gasteiger partial charge is 0.507 e. The third-order valence-corrected chi connectivity index (χ3v) is 9.59. The molecule has 0 aliphatic carbocycles. The Hall–Kier alpha value is -4.35. The summed E-state index contributed by atoms with van der Waals surface area (Å²) in [4.78, 5) is 28.9. The Morgan fingerprint density at radius 3 is 2.64 bits per heavy atom. The van der Waals surface area contributed by atoms with Crippen LogP contribution in [0.3, 0.4) is 0 Å². The van der Waals surface area contributed by atoms with Crippen molar-refractivity contribution in [3.05, 3.63) is 94.6 Å². The summed E-state index contributed by atoms with van der Waals surface area (Å²) < 4.78 is 18.3. The molecule has 1 aromatic heterocycles. The Kier molecular flexibility index (Phi) is 9.09. The fraction of sp³-hybridized carbons (Fsp3) is 0.294. The number of benzene rings is 3. The number of fused-ring (bicyclic) bond motifs is 1. The summed E-state index contributed by atoms with van der Waals surface area (Å²) in [6.45, 7) is 6.76. The maximum atomic E-state index is 13.8. The summed E-state index contributed by atoms with van der Waals surface area (Å²) in [5.74, 6) is 0.595. The zero-order valence-corrected chi connectivity index (χ0v) is 26.8. The van der Waals surface area contributed by atoms with Gasteiger partial charge in [-0.25, -0.2) is 0 Å². The summed E-state index contributed by atoms with van der Waals surface area (Å²) in [5, 5.41) is 20.6. The van der Waals surface area contributed by atoms with E-state index in [9.17, 15) is 14.7 Å². The number of rotatable bonds is 11. The van der Waals surface area contributed by atoms with Crippen molar-refractivity contribution >= 4 is 45.7 Å². The lowest BCUT2D eigenvalue weighted by atomic mass is 9.94. The lowest BCUT2D eigenvalue weighted by molar-refractivity contribution is -0.132. The van der Waals surface area contributed by atoms with Gasteiger partial charge in [0.2, 0.25) is 5.13 Å². The van der Waals surface area contributed by atoms with Gasteiger partial charge < -0.3 is 19.3 Å². The van der Waals surface area contributed by atoms with Crippen LogP contribution in [0, 0.1) is 0 Å². The fourth-order valence-corrected chi connectivity index (χ4v) is 7.27. The Labute approximate surface area is 269 Å². The summed E-state index contributed by atoms with van der Waals surface area (Å²) in [7, 11) is 0. The van der Waals surface area contributed by atoms with Crippen molar-refractivity contribution in [2.24, 2.45) is 0 Å². The van der Waals surface area contributed by atoms with E-state index >= 15 is 0 Å². The molecule has 45 heavy (non-hydrogen) atoms. The average Bonchev–Trinajstić information content (AvgIpc) is 3.74. The molecule has 2 atom stereocenters. The quantitative estimate of drug-likeness (QED) is 0.0609. The van der Waals surface area contributed by atoms with Gasteiger partial charge in [0.05, 0.1) is 24.8 Å². The summed E-state index contributed by atoms with van der Waals surface area (Å²) in [6, 6.07) is 19.6. The second-order valence-electron chi connectivity index (χ2n) is 10.7. The molecule has 2 aliphatic heterocycles. The molecular formula is C34H33N3O6S2. The number of hydrogen-bond acceptors (Lipinski definition) is 10. The lowest BCUT2D eigenvalue weighted by Crippen LogP contribution is -2.29.